The van der Waals surface area contributed by atoms with E-state index in [-0.39, 0.29) is 40.1 Å². The van der Waals surface area contributed by atoms with E-state index in [1.807, 2.05) is 7.05 Å². The molecule has 1 aromatic rings. The first-order chi connectivity index (χ1) is 18.8. The van der Waals surface area contributed by atoms with E-state index < -0.39 is 26.7 Å². The number of nitrogens with one attached hydrogen (secondary N) is 1. The fourth-order valence-electron chi connectivity index (χ4n) is 6.89. The predicted octanol–water partition coefficient (Wildman–Crippen LogP) is 3.02. The summed E-state index contributed by atoms with van der Waals surface area (Å²) in [7, 11) is 0.0213. The van der Waals surface area contributed by atoms with E-state index in [4.69, 9.17) is 13.9 Å². The van der Waals surface area contributed by atoms with E-state index in [0.717, 1.165) is 44.8 Å². The Morgan fingerprint density at radius 2 is 2.05 bits per heavy atom. The molecular weight excluding hydrogens is 520 g/mol. The third-order valence-corrected chi connectivity index (χ3v) is 14.8. The Kier molecular flexibility index (Phi) is 6.26. The second-order valence-electron chi connectivity index (χ2n) is 13.7. The number of pyridine rings is 1. The van der Waals surface area contributed by atoms with Crippen LogP contribution in [-0.2, 0) is 9.16 Å². The molecule has 1 aliphatic carbocycles. The first-order valence-corrected chi connectivity index (χ1v) is 17.3. The van der Waals surface area contributed by atoms with Gasteiger partial charge in [-0.2, -0.15) is 0 Å². The number of hydrogen-bond donors (Lipinski definition) is 1. The zero-order valence-electron chi connectivity index (χ0n) is 25.1. The highest BCUT2D eigenvalue weighted by Crippen LogP contribution is 2.48. The lowest BCUT2D eigenvalue weighted by Crippen LogP contribution is -2.65. The minimum absolute atomic E-state index is 0.0985. The largest absolute Gasteiger partial charge is 0.477 e. The van der Waals surface area contributed by atoms with Crippen LogP contribution in [0.15, 0.2) is 11.2 Å². The Bertz CT molecular complexity index is 1290. The van der Waals surface area contributed by atoms with E-state index in [9.17, 15) is 5.80 Å². The van der Waals surface area contributed by atoms with Crippen LogP contribution in [0.5, 0.6) is 5.88 Å². The maximum atomic E-state index is 15.2. The molecule has 6 rings (SSSR count). The van der Waals surface area contributed by atoms with Gasteiger partial charge in [-0.25, -0.2) is 18.8 Å². The molecule has 5 aliphatic rings. The van der Waals surface area contributed by atoms with Crippen molar-refractivity contribution in [1.82, 2.24) is 20.1 Å². The summed E-state index contributed by atoms with van der Waals surface area (Å²) >= 11 is 0. The minimum Gasteiger partial charge on any atom is -0.477 e. The molecule has 3 fully saturated rings. The summed E-state index contributed by atoms with van der Waals surface area (Å²) in [5.41, 5.74) is -0.694. The lowest BCUT2D eigenvalue weighted by molar-refractivity contribution is -0.0558. The molecule has 4 aliphatic heterocycles. The molecule has 3 atom stereocenters. The van der Waals surface area contributed by atoms with Gasteiger partial charge in [-0.3, -0.25) is 4.90 Å². The number of nitrogens with zero attached hydrogens (tertiary/aromatic N) is 4. The second kappa shape index (κ2) is 9.35. The van der Waals surface area contributed by atoms with E-state index in [2.05, 4.69) is 53.6 Å². The van der Waals surface area contributed by atoms with Gasteiger partial charge >= 0.3 is 0 Å². The number of hydrogen-bond acceptors (Lipinski definition) is 8. The van der Waals surface area contributed by atoms with Gasteiger partial charge in [0.25, 0.3) is 0 Å². The Morgan fingerprint density at radius 3 is 2.79 bits per heavy atom. The maximum absolute atomic E-state index is 15.2. The maximum Gasteiger partial charge on any atom is 0.227 e. The van der Waals surface area contributed by atoms with Crippen LogP contribution in [-0.4, -0.2) is 86.2 Å². The Hall–Kier alpha value is -1.82. The minimum atomic E-state index is -1.94. The number of rotatable bonds is 5. The fraction of sp³-hybridized carbons (Fsp3) is 0.786. The summed E-state index contributed by atoms with van der Waals surface area (Å²) in [5.74, 6) is 0.165. The van der Waals surface area contributed by atoms with Crippen LogP contribution in [0.25, 0.3) is 5.82 Å². The number of fused-ring (bicyclic) bond motifs is 1. The molecule has 2 saturated heterocycles. The van der Waals surface area contributed by atoms with Crippen molar-refractivity contribution in [3.05, 3.63) is 22.6 Å². The van der Waals surface area contributed by atoms with Gasteiger partial charge in [-0.15, -0.1) is 0 Å². The van der Waals surface area contributed by atoms with Crippen LogP contribution in [0.3, 0.4) is 0 Å². The summed E-state index contributed by atoms with van der Waals surface area (Å²) in [6, 6.07) is 0. The van der Waals surface area contributed by atoms with Crippen molar-refractivity contribution in [3.8, 4) is 5.88 Å². The molecule has 1 spiro atoms. The van der Waals surface area contributed by atoms with Gasteiger partial charge in [-0.1, -0.05) is 20.8 Å². The monoisotopic (exact) mass is 564 g/mol. The first-order valence-electron chi connectivity index (χ1n) is 14.8. The molecule has 0 amide bonds. The SMILES string of the molecule is [2H]N1C2=c3c(ncc(F)c3=NC1OC[C@@]13CCCN1C[C@H](F)C3)OCCC1(CC(O[Si](C)(C)C(C)(C)C)C1)N2C. The molecule has 1 aromatic heterocycles. The molecule has 39 heavy (non-hydrogen) atoms. The Balaban J connectivity index is 1.31. The Labute approximate surface area is 232 Å². The second-order valence-corrected chi connectivity index (χ2v) is 18.5. The highest BCUT2D eigenvalue weighted by Gasteiger charge is 2.53. The highest BCUT2D eigenvalue weighted by molar-refractivity contribution is 6.74. The molecule has 0 aromatic carbocycles. The van der Waals surface area contributed by atoms with Gasteiger partial charge in [0.15, 0.2) is 15.5 Å². The van der Waals surface area contributed by atoms with Crippen molar-refractivity contribution in [2.75, 3.05) is 33.4 Å². The number of halogens is 2. The molecular formula is C28H43F2N5O3Si. The molecule has 5 heterocycles. The fourth-order valence-corrected chi connectivity index (χ4v) is 8.24. The smallest absolute Gasteiger partial charge is 0.227 e. The van der Waals surface area contributed by atoms with Crippen molar-refractivity contribution in [1.29, 1.82) is 0 Å². The van der Waals surface area contributed by atoms with Crippen molar-refractivity contribution in [2.45, 2.75) is 107 Å². The van der Waals surface area contributed by atoms with E-state index >= 15 is 4.39 Å². The molecule has 1 saturated carbocycles. The third-order valence-electron chi connectivity index (χ3n) is 10.2. The molecule has 0 bridgehead atoms. The van der Waals surface area contributed by atoms with Gasteiger partial charge < -0.3 is 24.1 Å². The summed E-state index contributed by atoms with van der Waals surface area (Å²) in [5, 5.41) is 1.82. The van der Waals surface area contributed by atoms with Crippen LogP contribution in [0.1, 0.15) is 59.3 Å². The normalized spacial score (nSPS) is 35.0. The first kappa shape index (κ1) is 26.1. The standard InChI is InChI=1S/C28H43F2N5O3Si/c1-26(2,3)39(5,6)38-19-13-27(14-19)9-11-36-24-21-22(20(30)15-31-24)32-25(33-23(21)34(27)4)37-17-28-8-7-10-35(28)16-18(29)12-28/h15,18-19,25,33H,7-14,16-17H2,1-6H3/t18-,19?,25?,27?,28+/m1/s1/i/hD. The van der Waals surface area contributed by atoms with Crippen molar-refractivity contribution in [2.24, 2.45) is 4.99 Å². The van der Waals surface area contributed by atoms with Gasteiger partial charge in [0.1, 0.15) is 22.6 Å². The average Bonchev–Trinajstić information content (AvgIpc) is 3.36. The van der Waals surface area contributed by atoms with Crippen LogP contribution in [0.4, 0.5) is 8.78 Å². The lowest BCUT2D eigenvalue weighted by Gasteiger charge is -2.57. The number of alkyl halides is 1. The average molecular weight is 565 g/mol. The molecule has 1 N–H and O–H groups in total. The molecule has 1 unspecified atom stereocenters. The van der Waals surface area contributed by atoms with Gasteiger partial charge in [-0.05, 0) is 50.4 Å². The van der Waals surface area contributed by atoms with E-state index in [1.54, 1.807) is 0 Å². The van der Waals surface area contributed by atoms with Gasteiger partial charge in [0.05, 0.1) is 19.4 Å². The molecule has 0 radical (unpaired) electrons. The van der Waals surface area contributed by atoms with Gasteiger partial charge in [0.2, 0.25) is 12.2 Å². The molecule has 8 nitrogen and oxygen atoms in total. The summed E-state index contributed by atoms with van der Waals surface area (Å²) in [6.07, 6.45) is 3.87. The Morgan fingerprint density at radius 1 is 1.28 bits per heavy atom. The summed E-state index contributed by atoms with van der Waals surface area (Å²) in [6.45, 7) is 13.2. The topological polar surface area (TPSA) is 71.5 Å². The zero-order chi connectivity index (χ0) is 28.7. The van der Waals surface area contributed by atoms with Crippen LogP contribution in [0, 0.1) is 5.82 Å². The molecule has 11 heteroatoms. The quantitative estimate of drug-likeness (QED) is 0.552. The molecule has 216 valence electrons. The summed E-state index contributed by atoms with van der Waals surface area (Å²) in [4.78, 5) is 13.0. The van der Waals surface area contributed by atoms with Crippen LogP contribution >= 0.6 is 0 Å². The van der Waals surface area contributed by atoms with Crippen molar-refractivity contribution in [3.63, 3.8) is 0 Å². The van der Waals surface area contributed by atoms with Crippen LogP contribution in [0.2, 0.25) is 19.5 Å². The van der Waals surface area contributed by atoms with E-state index in [1.165, 1.54) is 5.31 Å². The van der Waals surface area contributed by atoms with Crippen molar-refractivity contribution < 1.29 is 24.1 Å². The number of aromatic nitrogens is 1. The lowest BCUT2D eigenvalue weighted by atomic mass is 9.71. The third kappa shape index (κ3) is 4.57. The summed E-state index contributed by atoms with van der Waals surface area (Å²) < 4.78 is 57.9. The highest BCUT2D eigenvalue weighted by atomic mass is 28.4. The van der Waals surface area contributed by atoms with Crippen LogP contribution < -0.4 is 20.6 Å². The van der Waals surface area contributed by atoms with Gasteiger partial charge in [0, 0.05) is 43.6 Å². The predicted molar refractivity (Wildman–Crippen MR) is 146 cm³/mol. The van der Waals surface area contributed by atoms with Crippen molar-refractivity contribution >= 4 is 14.1 Å². The van der Waals surface area contributed by atoms with E-state index in [0.29, 0.717) is 30.6 Å². The number of ether oxygens (including phenoxy) is 2. The zero-order valence-corrected chi connectivity index (χ0v) is 25.1.